The molecule has 0 bridgehead atoms. The average Bonchev–Trinajstić information content (AvgIpc) is 3.93. The molecular weight excluding hydrogens is 864 g/mol. The van der Waals surface area contributed by atoms with Crippen molar-refractivity contribution in [1.29, 1.82) is 5.26 Å². The molecule has 0 saturated carbocycles. The van der Waals surface area contributed by atoms with Crippen LogP contribution < -0.4 is 9.47 Å². The summed E-state index contributed by atoms with van der Waals surface area (Å²) < 4.78 is 16.0. The molecule has 0 radical (unpaired) electrons. The summed E-state index contributed by atoms with van der Waals surface area (Å²) in [5.41, 5.74) is 7.61. The molecule has 8 nitrogen and oxygen atoms in total. The number of fused-ring (bicyclic) bond motifs is 2. The van der Waals surface area contributed by atoms with Crippen LogP contribution in [0.25, 0.3) is 21.8 Å². The van der Waals surface area contributed by atoms with Gasteiger partial charge >= 0.3 is 0 Å². The Morgan fingerprint density at radius 3 is 1.44 bits per heavy atom. The van der Waals surface area contributed by atoms with Gasteiger partial charge in [-0.15, -0.1) is 28.6 Å². The van der Waals surface area contributed by atoms with Gasteiger partial charge in [0.2, 0.25) is 0 Å². The van der Waals surface area contributed by atoms with Crippen LogP contribution in [0.15, 0.2) is 110 Å². The van der Waals surface area contributed by atoms with Gasteiger partial charge in [-0.05, 0) is 97.3 Å². The number of benzene rings is 4. The predicted octanol–water partition coefficient (Wildman–Crippen LogP) is 16.9. The number of thioether (sulfide) groups is 2. The first-order valence-corrected chi connectivity index (χ1v) is 23.6. The minimum Gasteiger partial charge on any atom is -0.497 e. The van der Waals surface area contributed by atoms with E-state index in [0.29, 0.717) is 13.0 Å². The summed E-state index contributed by atoms with van der Waals surface area (Å²) in [4.78, 5) is 2.53. The highest BCUT2D eigenvalue weighted by molar-refractivity contribution is 8.01. The standard InChI is InChI=1S/C26H31ClN4OS.C25H29ClN2OS.8H2/c1-25(2,3)33-24-20-13-19(32-6)11-12-21(20)31(16-17-7-9-18(27)10-8-17)22(24)14-26(4,5)23-15-28-30-29-23;1-24(2,3)30-23-20-13-19(29-6)11-12-21(20)28(22(23)14-25(4,5)16-27)15-17-7-9-18(26)10-8-17;;;;;;;;/h7-13H,14-16H2,1-6H3;7-13H,14-15H2,1-6H3;8*1H. The van der Waals surface area contributed by atoms with Crippen molar-refractivity contribution in [1.82, 2.24) is 9.13 Å². The lowest BCUT2D eigenvalue weighted by atomic mass is 9.82. The van der Waals surface area contributed by atoms with Gasteiger partial charge in [-0.3, -0.25) is 0 Å². The molecule has 6 aromatic rings. The second-order valence-corrected chi connectivity index (χ2v) is 23.9. The zero-order valence-corrected chi connectivity index (χ0v) is 41.8. The van der Waals surface area contributed by atoms with Crippen molar-refractivity contribution in [3.8, 4) is 17.6 Å². The van der Waals surface area contributed by atoms with E-state index in [1.54, 1.807) is 14.2 Å². The van der Waals surface area contributed by atoms with E-state index in [9.17, 15) is 5.26 Å². The second-order valence-electron chi connectivity index (χ2n) is 19.3. The second kappa shape index (κ2) is 19.4. The van der Waals surface area contributed by atoms with Gasteiger partial charge in [0.05, 0.1) is 31.4 Å². The van der Waals surface area contributed by atoms with Crippen LogP contribution in [-0.4, -0.2) is 45.1 Å². The molecular formula is C51H76Cl2N6O2S2. The van der Waals surface area contributed by atoms with Gasteiger partial charge in [0, 0.05) is 98.9 Å². The van der Waals surface area contributed by atoms with E-state index in [1.165, 1.54) is 48.6 Å². The Hall–Kier alpha value is -4.40. The normalized spacial score (nSPS) is 13.3. The molecule has 0 N–H and O–H groups in total. The minimum atomic E-state index is -0.469. The fraction of sp³-hybridized carbons (Fsp3) is 0.412. The van der Waals surface area contributed by atoms with Crippen molar-refractivity contribution in [3.05, 3.63) is 117 Å². The number of hydrogen-bond acceptors (Lipinski definition) is 8. The zero-order valence-electron chi connectivity index (χ0n) is 38.7. The maximum atomic E-state index is 9.75. The summed E-state index contributed by atoms with van der Waals surface area (Å²) in [6.45, 7) is 24.0. The molecule has 1 aliphatic rings. The summed E-state index contributed by atoms with van der Waals surface area (Å²) in [7, 11) is 3.42. The Morgan fingerprint density at radius 1 is 0.651 bits per heavy atom. The lowest BCUT2D eigenvalue weighted by Gasteiger charge is -2.27. The van der Waals surface area contributed by atoms with Gasteiger partial charge in [-0.2, -0.15) is 10.4 Å². The topological polar surface area (TPSA) is 89.2 Å². The molecule has 1 aliphatic heterocycles. The third-order valence-corrected chi connectivity index (χ3v) is 13.8. The van der Waals surface area contributed by atoms with Gasteiger partial charge in [0.25, 0.3) is 0 Å². The van der Waals surface area contributed by atoms with Crippen molar-refractivity contribution in [3.63, 3.8) is 0 Å². The molecule has 0 aliphatic carbocycles. The highest BCUT2D eigenvalue weighted by Crippen LogP contribution is 2.46. The number of nitriles is 1. The molecule has 0 spiro atoms. The Morgan fingerprint density at radius 2 is 1.08 bits per heavy atom. The first-order chi connectivity index (χ1) is 29.6. The Balaban J connectivity index is -0.00000117. The van der Waals surface area contributed by atoms with E-state index < -0.39 is 5.41 Å². The zero-order chi connectivity index (χ0) is 45.9. The summed E-state index contributed by atoms with van der Waals surface area (Å²) >= 11 is 16.0. The van der Waals surface area contributed by atoms with Crippen LogP contribution in [0.1, 0.15) is 103 Å². The van der Waals surface area contributed by atoms with E-state index >= 15 is 0 Å². The van der Waals surface area contributed by atoms with Gasteiger partial charge in [0.15, 0.2) is 0 Å². The summed E-state index contributed by atoms with van der Waals surface area (Å²) in [6.07, 6.45) is 1.51. The van der Waals surface area contributed by atoms with Gasteiger partial charge < -0.3 is 18.6 Å². The van der Waals surface area contributed by atoms with Crippen molar-refractivity contribution in [2.75, 3.05) is 20.8 Å². The molecule has 2 aromatic heterocycles. The predicted molar refractivity (Wildman–Crippen MR) is 284 cm³/mol. The van der Waals surface area contributed by atoms with E-state index in [1.807, 2.05) is 73.8 Å². The molecule has 3 heterocycles. The summed E-state index contributed by atoms with van der Waals surface area (Å²) in [6, 6.07) is 31.2. The molecule has 7 rings (SSSR count). The van der Waals surface area contributed by atoms with Crippen molar-refractivity contribution >= 4 is 74.2 Å². The molecule has 0 amide bonds. The van der Waals surface area contributed by atoms with Crippen LogP contribution in [0.3, 0.4) is 0 Å². The highest BCUT2D eigenvalue weighted by Gasteiger charge is 2.33. The molecule has 0 unspecified atom stereocenters. The van der Waals surface area contributed by atoms with Crippen LogP contribution in [0.5, 0.6) is 11.5 Å². The number of hydrogen-bond donors (Lipinski definition) is 0. The molecule has 12 heteroatoms. The quantitative estimate of drug-likeness (QED) is 0.108. The van der Waals surface area contributed by atoms with E-state index in [2.05, 4.69) is 135 Å². The van der Waals surface area contributed by atoms with Crippen LogP contribution in [-0.2, 0) is 25.9 Å². The van der Waals surface area contributed by atoms with Gasteiger partial charge in [0.1, 0.15) is 18.0 Å². The lowest BCUT2D eigenvalue weighted by Crippen LogP contribution is -2.29. The molecule has 348 valence electrons. The van der Waals surface area contributed by atoms with Crippen LogP contribution in [0.2, 0.25) is 10.0 Å². The number of rotatable bonds is 13. The first-order valence-electron chi connectivity index (χ1n) is 21.2. The number of halogens is 2. The first kappa shape index (κ1) is 48.1. The van der Waals surface area contributed by atoms with Crippen molar-refractivity contribution in [2.45, 2.75) is 114 Å². The molecule has 0 saturated heterocycles. The van der Waals surface area contributed by atoms with Gasteiger partial charge in [-0.25, -0.2) is 0 Å². The number of ether oxygens (including phenoxy) is 2. The largest absolute Gasteiger partial charge is 0.497 e. The van der Waals surface area contributed by atoms with E-state index in [4.69, 9.17) is 32.7 Å². The highest BCUT2D eigenvalue weighted by atomic mass is 35.5. The number of methoxy groups -OCH3 is 2. The van der Waals surface area contributed by atoms with Crippen LogP contribution in [0.4, 0.5) is 0 Å². The lowest BCUT2D eigenvalue weighted by molar-refractivity contribution is 0.415. The maximum absolute atomic E-state index is 9.75. The smallest absolute Gasteiger partial charge is 0.119 e. The molecule has 0 atom stereocenters. The van der Waals surface area contributed by atoms with Gasteiger partial charge in [-0.1, -0.05) is 103 Å². The summed E-state index contributed by atoms with van der Waals surface area (Å²) in [5, 5.41) is 25.9. The van der Waals surface area contributed by atoms with Crippen LogP contribution >= 0.6 is 46.7 Å². The summed E-state index contributed by atoms with van der Waals surface area (Å²) in [5.74, 6) is 1.71. The number of nitrogens with zero attached hydrogens (tertiary/aromatic N) is 6. The van der Waals surface area contributed by atoms with Crippen molar-refractivity contribution < 1.29 is 20.9 Å². The SMILES string of the molecule is COc1ccc2c(c1)c(SC(C)(C)C)c(CC(C)(C)C#N)n2Cc1ccc(Cl)cc1.COc1ccc2c(c1)c(SC(C)(C)C)c(CC(C)(C)C1=NN=NC1)n2Cc1ccc(Cl)cc1.[HH].[HH].[HH].[HH].[HH].[HH].[HH].[HH]. The fourth-order valence-electron chi connectivity index (χ4n) is 7.61. The Kier molecular flexibility index (Phi) is 14.8. The molecule has 4 aromatic carbocycles. The van der Waals surface area contributed by atoms with E-state index in [-0.39, 0.29) is 26.3 Å². The van der Waals surface area contributed by atoms with E-state index in [0.717, 1.165) is 52.3 Å². The monoisotopic (exact) mass is 938 g/mol. The maximum Gasteiger partial charge on any atom is 0.119 e. The fourth-order valence-corrected chi connectivity index (χ4v) is 10.2. The minimum absolute atomic E-state index is 0. The third kappa shape index (κ3) is 12.0. The molecule has 0 fully saturated rings. The third-order valence-electron chi connectivity index (χ3n) is 10.7. The van der Waals surface area contributed by atoms with Crippen molar-refractivity contribution in [2.24, 2.45) is 26.3 Å². The molecule has 63 heavy (non-hydrogen) atoms. The average molecular weight is 940 g/mol. The Labute approximate surface area is 404 Å². The van der Waals surface area contributed by atoms with Crippen LogP contribution in [0, 0.1) is 22.2 Å². The number of aromatic nitrogens is 2. The Bertz CT molecular complexity index is 2710.